The van der Waals surface area contributed by atoms with Gasteiger partial charge in [-0.05, 0) is 49.8 Å². The van der Waals surface area contributed by atoms with E-state index in [0.717, 1.165) is 39.9 Å². The van der Waals surface area contributed by atoms with Gasteiger partial charge in [0.1, 0.15) is 5.00 Å². The number of aromatic nitrogens is 1. The molecule has 2 amide bonds. The average molecular weight is 518 g/mol. The zero-order valence-corrected chi connectivity index (χ0v) is 21.8. The Morgan fingerprint density at radius 1 is 1.24 bits per heavy atom. The normalized spacial score (nSPS) is 15.9. The lowest BCUT2D eigenvalue weighted by atomic mass is 9.88. The second-order valence-electron chi connectivity index (χ2n) is 8.23. The number of benzene rings is 1. The van der Waals surface area contributed by atoms with Crippen LogP contribution in [0.4, 0.5) is 5.00 Å². The van der Waals surface area contributed by atoms with Crippen LogP contribution in [0, 0.1) is 5.92 Å². The van der Waals surface area contributed by atoms with Crippen molar-refractivity contribution in [2.75, 3.05) is 23.4 Å². The van der Waals surface area contributed by atoms with Gasteiger partial charge in [0.05, 0.1) is 33.9 Å². The van der Waals surface area contributed by atoms with Crippen LogP contribution >= 0.6 is 34.4 Å². The Hall–Kier alpha value is -2.43. The molecule has 1 atom stereocenters. The van der Waals surface area contributed by atoms with Crippen LogP contribution in [0.1, 0.15) is 41.1 Å². The highest BCUT2D eigenvalue weighted by molar-refractivity contribution is 8.00. The van der Waals surface area contributed by atoms with E-state index in [2.05, 4.69) is 17.2 Å². The molecule has 1 unspecified atom stereocenters. The summed E-state index contributed by atoms with van der Waals surface area (Å²) in [4.78, 5) is 43.6. The summed E-state index contributed by atoms with van der Waals surface area (Å²) in [6.07, 6.45) is 2.74. The smallest absolute Gasteiger partial charge is 0.341 e. The minimum absolute atomic E-state index is 0.0982. The van der Waals surface area contributed by atoms with E-state index in [4.69, 9.17) is 4.74 Å². The zero-order chi connectivity index (χ0) is 24.2. The monoisotopic (exact) mass is 517 g/mol. The summed E-state index contributed by atoms with van der Waals surface area (Å²) in [7, 11) is 1.88. The second-order valence-corrected chi connectivity index (χ2v) is 11.3. The highest BCUT2D eigenvalue weighted by Crippen LogP contribution is 2.40. The molecule has 0 bridgehead atoms. The standard InChI is InChI=1S/C24H27N3O4S3/c1-4-31-23(30)21-15-10-9-14(2)11-18(15)33-22(21)25-19(28)12-32-13-20(29)26-24-27(3)16-7-5-6-8-17(16)34-24/h5-8,14H,4,9-13H2,1-3H3,(H,25,28). The first kappa shape index (κ1) is 24.7. The number of hydrogen-bond donors (Lipinski definition) is 1. The zero-order valence-electron chi connectivity index (χ0n) is 19.4. The molecule has 1 aliphatic rings. The van der Waals surface area contributed by atoms with Gasteiger partial charge in [-0.25, -0.2) is 4.79 Å². The molecule has 180 valence electrons. The van der Waals surface area contributed by atoms with Crippen molar-refractivity contribution in [2.24, 2.45) is 18.0 Å². The first-order chi connectivity index (χ1) is 16.4. The molecule has 1 aromatic carbocycles. The molecule has 4 rings (SSSR count). The number of aryl methyl sites for hydroxylation is 1. The Kier molecular flexibility index (Phi) is 7.90. The largest absolute Gasteiger partial charge is 0.462 e. The van der Waals surface area contributed by atoms with Crippen LogP contribution in [0.25, 0.3) is 10.2 Å². The first-order valence-electron chi connectivity index (χ1n) is 11.2. The second kappa shape index (κ2) is 10.9. The van der Waals surface area contributed by atoms with Gasteiger partial charge in [0.2, 0.25) is 5.91 Å². The van der Waals surface area contributed by atoms with Crippen LogP contribution in [0.15, 0.2) is 29.3 Å². The van der Waals surface area contributed by atoms with Gasteiger partial charge in [-0.15, -0.1) is 23.1 Å². The van der Waals surface area contributed by atoms with E-state index in [1.807, 2.05) is 35.9 Å². The van der Waals surface area contributed by atoms with Gasteiger partial charge in [0.25, 0.3) is 5.91 Å². The first-order valence-corrected chi connectivity index (χ1v) is 14.0. The maximum Gasteiger partial charge on any atom is 0.341 e. The summed E-state index contributed by atoms with van der Waals surface area (Å²) in [6, 6.07) is 7.89. The van der Waals surface area contributed by atoms with Crippen molar-refractivity contribution in [3.05, 3.63) is 45.1 Å². The van der Waals surface area contributed by atoms with Crippen LogP contribution in [0.2, 0.25) is 0 Å². The van der Waals surface area contributed by atoms with E-state index in [-0.39, 0.29) is 35.9 Å². The predicted molar refractivity (Wildman–Crippen MR) is 139 cm³/mol. The fourth-order valence-corrected chi connectivity index (χ4v) is 7.03. The molecule has 1 aliphatic carbocycles. The highest BCUT2D eigenvalue weighted by Gasteiger charge is 2.29. The minimum Gasteiger partial charge on any atom is -0.462 e. The Labute approximate surface area is 210 Å². The number of anilines is 1. The molecule has 0 spiro atoms. The topological polar surface area (TPSA) is 89.8 Å². The molecule has 2 aromatic heterocycles. The molecule has 2 heterocycles. The number of thiophene rings is 1. The molecule has 0 saturated carbocycles. The van der Waals surface area contributed by atoms with E-state index in [1.165, 1.54) is 34.4 Å². The molecular weight excluding hydrogens is 490 g/mol. The van der Waals surface area contributed by atoms with Gasteiger partial charge in [-0.2, -0.15) is 4.99 Å². The maximum atomic E-state index is 12.6. The van der Waals surface area contributed by atoms with E-state index < -0.39 is 0 Å². The lowest BCUT2D eigenvalue weighted by molar-refractivity contribution is -0.115. The van der Waals surface area contributed by atoms with Crippen molar-refractivity contribution in [1.29, 1.82) is 0 Å². The molecule has 0 saturated heterocycles. The number of carbonyl (C=O) groups is 3. The van der Waals surface area contributed by atoms with Crippen LogP contribution in [0.3, 0.4) is 0 Å². The Morgan fingerprint density at radius 2 is 2.03 bits per heavy atom. The van der Waals surface area contributed by atoms with Gasteiger partial charge in [-0.1, -0.05) is 30.4 Å². The van der Waals surface area contributed by atoms with Crippen molar-refractivity contribution < 1.29 is 19.1 Å². The minimum atomic E-state index is -0.386. The summed E-state index contributed by atoms with van der Waals surface area (Å²) in [5.74, 6) is -0.165. The van der Waals surface area contributed by atoms with E-state index in [1.54, 1.807) is 6.92 Å². The van der Waals surface area contributed by atoms with Crippen molar-refractivity contribution >= 4 is 67.4 Å². The number of nitrogens with one attached hydrogen (secondary N) is 1. The van der Waals surface area contributed by atoms with E-state index in [0.29, 0.717) is 21.3 Å². The number of amides is 2. The molecule has 3 aromatic rings. The van der Waals surface area contributed by atoms with Crippen LogP contribution in [-0.4, -0.2) is 40.5 Å². The van der Waals surface area contributed by atoms with Gasteiger partial charge < -0.3 is 14.6 Å². The third kappa shape index (κ3) is 5.45. The van der Waals surface area contributed by atoms with Crippen molar-refractivity contribution in [3.63, 3.8) is 0 Å². The van der Waals surface area contributed by atoms with Crippen LogP contribution < -0.4 is 10.1 Å². The van der Waals surface area contributed by atoms with Crippen LogP contribution in [-0.2, 0) is 34.2 Å². The number of esters is 1. The molecule has 34 heavy (non-hydrogen) atoms. The van der Waals surface area contributed by atoms with Crippen LogP contribution in [0.5, 0.6) is 0 Å². The third-order valence-electron chi connectivity index (χ3n) is 5.64. The predicted octanol–water partition coefficient (Wildman–Crippen LogP) is 4.40. The molecule has 7 nitrogen and oxygen atoms in total. The number of para-hydroxylation sites is 1. The summed E-state index contributed by atoms with van der Waals surface area (Å²) in [6.45, 7) is 4.25. The Balaban J connectivity index is 1.39. The van der Waals surface area contributed by atoms with E-state index >= 15 is 0 Å². The number of rotatable bonds is 7. The SMILES string of the molecule is CCOC(=O)c1c(NC(=O)CSCC(=O)N=c2sc3ccccc3n2C)sc2c1CCC(C)C2. The van der Waals surface area contributed by atoms with Crippen molar-refractivity contribution in [2.45, 2.75) is 33.1 Å². The molecule has 1 N–H and O–H groups in total. The number of nitrogens with zero attached hydrogens (tertiary/aromatic N) is 2. The fourth-order valence-electron chi connectivity index (χ4n) is 3.98. The number of fused-ring (bicyclic) bond motifs is 2. The van der Waals surface area contributed by atoms with Crippen molar-refractivity contribution in [1.82, 2.24) is 4.57 Å². The third-order valence-corrected chi connectivity index (χ3v) is 8.84. The average Bonchev–Trinajstić information content (AvgIpc) is 3.30. The summed E-state index contributed by atoms with van der Waals surface area (Å²) in [5.41, 5.74) is 2.53. The number of hydrogen-bond acceptors (Lipinski definition) is 7. The quantitative estimate of drug-likeness (QED) is 0.469. The lowest BCUT2D eigenvalue weighted by Crippen LogP contribution is -2.18. The molecular formula is C24H27N3O4S3. The van der Waals surface area contributed by atoms with Gasteiger partial charge in [0.15, 0.2) is 4.80 Å². The number of thiazole rings is 1. The number of ether oxygens (including phenoxy) is 1. The maximum absolute atomic E-state index is 12.6. The fraction of sp³-hybridized carbons (Fsp3) is 0.417. The molecule has 0 radical (unpaired) electrons. The Bertz CT molecular complexity index is 1300. The van der Waals surface area contributed by atoms with Gasteiger partial charge >= 0.3 is 5.97 Å². The van der Waals surface area contributed by atoms with E-state index in [9.17, 15) is 14.4 Å². The number of carbonyl (C=O) groups excluding carboxylic acids is 3. The van der Waals surface area contributed by atoms with Gasteiger partial charge in [0, 0.05) is 11.9 Å². The lowest BCUT2D eigenvalue weighted by Gasteiger charge is -2.18. The highest BCUT2D eigenvalue weighted by atomic mass is 32.2. The molecule has 10 heteroatoms. The molecule has 0 fully saturated rings. The summed E-state index contributed by atoms with van der Waals surface area (Å²) >= 11 is 4.13. The van der Waals surface area contributed by atoms with Gasteiger partial charge in [-0.3, -0.25) is 9.59 Å². The number of thioether (sulfide) groups is 1. The van der Waals surface area contributed by atoms with Crippen molar-refractivity contribution in [3.8, 4) is 0 Å². The molecule has 0 aliphatic heterocycles. The Morgan fingerprint density at radius 3 is 2.79 bits per heavy atom. The summed E-state index contributed by atoms with van der Waals surface area (Å²) < 4.78 is 8.21. The summed E-state index contributed by atoms with van der Waals surface area (Å²) in [5, 5.41) is 3.44.